The molecule has 116 valence electrons. The summed E-state index contributed by atoms with van der Waals surface area (Å²) in [5.41, 5.74) is 7.49. The molecule has 1 amide bonds. The van der Waals surface area contributed by atoms with Crippen molar-refractivity contribution in [3.05, 3.63) is 53.0 Å². The Morgan fingerprint density at radius 3 is 2.59 bits per heavy atom. The van der Waals surface area contributed by atoms with Gasteiger partial charge in [0, 0.05) is 5.69 Å². The van der Waals surface area contributed by atoms with Crippen molar-refractivity contribution in [1.29, 1.82) is 0 Å². The lowest BCUT2D eigenvalue weighted by Gasteiger charge is -2.04. The molecule has 0 aliphatic carbocycles. The zero-order valence-electron chi connectivity index (χ0n) is 12.5. The second kappa shape index (κ2) is 6.80. The van der Waals surface area contributed by atoms with Crippen molar-refractivity contribution in [1.82, 2.24) is 5.32 Å². The number of benzene rings is 1. The van der Waals surface area contributed by atoms with Gasteiger partial charge in [-0.1, -0.05) is 12.1 Å². The minimum absolute atomic E-state index is 0.140. The van der Waals surface area contributed by atoms with Crippen LogP contribution in [0.2, 0.25) is 0 Å². The van der Waals surface area contributed by atoms with Gasteiger partial charge in [0.25, 0.3) is 0 Å². The number of nitrogen functional groups attached to an aromatic ring is 1. The maximum absolute atomic E-state index is 11.9. The second-order valence-electron chi connectivity index (χ2n) is 4.87. The van der Waals surface area contributed by atoms with Crippen LogP contribution in [0.1, 0.15) is 27.4 Å². The molecule has 3 N–H and O–H groups in total. The third kappa shape index (κ3) is 3.88. The molecule has 0 bridgehead atoms. The molecule has 6 nitrogen and oxygen atoms in total. The Labute approximate surface area is 128 Å². The Kier molecular flexibility index (Phi) is 4.83. The van der Waals surface area contributed by atoms with Crippen LogP contribution in [0.4, 0.5) is 5.69 Å². The number of ether oxygens (including phenoxy) is 1. The van der Waals surface area contributed by atoms with Gasteiger partial charge >= 0.3 is 5.97 Å². The standard InChI is InChI=1S/C16H18N2O4/c1-10-14(16(20)21-2)8-13(22-10)9-18-15(19)7-11-3-5-12(17)6-4-11/h3-6,8H,7,9,17H2,1-2H3,(H,18,19). The second-order valence-corrected chi connectivity index (χ2v) is 4.87. The van der Waals surface area contributed by atoms with E-state index in [0.29, 0.717) is 22.8 Å². The summed E-state index contributed by atoms with van der Waals surface area (Å²) in [5.74, 6) is 0.373. The minimum Gasteiger partial charge on any atom is -0.465 e. The lowest BCUT2D eigenvalue weighted by atomic mass is 10.1. The molecular weight excluding hydrogens is 284 g/mol. The number of hydrogen-bond acceptors (Lipinski definition) is 5. The average molecular weight is 302 g/mol. The topological polar surface area (TPSA) is 94.6 Å². The van der Waals surface area contributed by atoms with E-state index < -0.39 is 5.97 Å². The summed E-state index contributed by atoms with van der Waals surface area (Å²) < 4.78 is 10.1. The fourth-order valence-electron chi connectivity index (χ4n) is 2.01. The van der Waals surface area contributed by atoms with Gasteiger partial charge < -0.3 is 20.2 Å². The van der Waals surface area contributed by atoms with E-state index in [9.17, 15) is 9.59 Å². The van der Waals surface area contributed by atoms with Crippen molar-refractivity contribution in [2.24, 2.45) is 0 Å². The molecular formula is C16H18N2O4. The summed E-state index contributed by atoms with van der Waals surface area (Å²) >= 11 is 0. The van der Waals surface area contributed by atoms with Crippen LogP contribution >= 0.6 is 0 Å². The molecule has 2 rings (SSSR count). The predicted octanol–water partition coefficient (Wildman–Crippen LogP) is 1.82. The number of nitrogens with one attached hydrogen (secondary N) is 1. The van der Waals surface area contributed by atoms with E-state index in [2.05, 4.69) is 10.1 Å². The normalized spacial score (nSPS) is 10.3. The van der Waals surface area contributed by atoms with Crippen LogP contribution in [0.15, 0.2) is 34.7 Å². The van der Waals surface area contributed by atoms with Crippen LogP contribution in [0, 0.1) is 6.92 Å². The lowest BCUT2D eigenvalue weighted by molar-refractivity contribution is -0.120. The third-order valence-corrected chi connectivity index (χ3v) is 3.18. The van der Waals surface area contributed by atoms with Gasteiger partial charge in [0.2, 0.25) is 5.91 Å². The third-order valence-electron chi connectivity index (χ3n) is 3.18. The number of anilines is 1. The highest BCUT2D eigenvalue weighted by Crippen LogP contribution is 2.15. The highest BCUT2D eigenvalue weighted by Gasteiger charge is 2.15. The van der Waals surface area contributed by atoms with E-state index in [-0.39, 0.29) is 18.9 Å². The molecule has 0 radical (unpaired) electrons. The predicted molar refractivity (Wildman–Crippen MR) is 81.2 cm³/mol. The number of amides is 1. The summed E-state index contributed by atoms with van der Waals surface area (Å²) in [6.45, 7) is 1.89. The molecule has 0 saturated carbocycles. The van der Waals surface area contributed by atoms with Crippen molar-refractivity contribution in [3.8, 4) is 0 Å². The maximum Gasteiger partial charge on any atom is 0.341 e. The number of aryl methyl sites for hydroxylation is 1. The van der Waals surface area contributed by atoms with Gasteiger partial charge in [0.05, 0.1) is 20.1 Å². The van der Waals surface area contributed by atoms with E-state index in [4.69, 9.17) is 10.2 Å². The Balaban J connectivity index is 1.91. The Morgan fingerprint density at radius 2 is 1.95 bits per heavy atom. The summed E-state index contributed by atoms with van der Waals surface area (Å²) in [7, 11) is 1.31. The van der Waals surface area contributed by atoms with Gasteiger partial charge in [-0.25, -0.2) is 4.79 Å². The summed E-state index contributed by atoms with van der Waals surface area (Å²) in [6, 6.07) is 8.69. The van der Waals surface area contributed by atoms with Crippen LogP contribution in [0.25, 0.3) is 0 Å². The highest BCUT2D eigenvalue weighted by molar-refractivity contribution is 5.90. The fourth-order valence-corrected chi connectivity index (χ4v) is 2.01. The van der Waals surface area contributed by atoms with Crippen molar-refractivity contribution < 1.29 is 18.7 Å². The molecule has 1 aromatic carbocycles. The molecule has 22 heavy (non-hydrogen) atoms. The SMILES string of the molecule is COC(=O)c1cc(CNC(=O)Cc2ccc(N)cc2)oc1C. The van der Waals surface area contributed by atoms with E-state index in [1.165, 1.54) is 7.11 Å². The van der Waals surface area contributed by atoms with Crippen molar-refractivity contribution in [2.45, 2.75) is 19.9 Å². The largest absolute Gasteiger partial charge is 0.465 e. The molecule has 1 heterocycles. The maximum atomic E-state index is 11.9. The number of carbonyl (C=O) groups excluding carboxylic acids is 2. The molecule has 0 unspecified atom stereocenters. The highest BCUT2D eigenvalue weighted by atomic mass is 16.5. The Bertz CT molecular complexity index is 674. The molecule has 2 aromatic rings. The fraction of sp³-hybridized carbons (Fsp3) is 0.250. The summed E-state index contributed by atoms with van der Waals surface area (Å²) in [4.78, 5) is 23.4. The van der Waals surface area contributed by atoms with Gasteiger partial charge in [-0.2, -0.15) is 0 Å². The first-order valence-electron chi connectivity index (χ1n) is 6.78. The number of esters is 1. The van der Waals surface area contributed by atoms with E-state index in [1.54, 1.807) is 37.3 Å². The molecule has 0 saturated heterocycles. The molecule has 0 fully saturated rings. The minimum atomic E-state index is -0.458. The molecule has 0 atom stereocenters. The van der Waals surface area contributed by atoms with E-state index in [1.807, 2.05) is 0 Å². The molecule has 1 aromatic heterocycles. The number of hydrogen-bond donors (Lipinski definition) is 2. The number of rotatable bonds is 5. The van der Waals surface area contributed by atoms with Crippen LogP contribution in [-0.2, 0) is 22.5 Å². The van der Waals surface area contributed by atoms with Gasteiger partial charge in [-0.3, -0.25) is 4.79 Å². The van der Waals surface area contributed by atoms with Crippen LogP contribution in [0.5, 0.6) is 0 Å². The van der Waals surface area contributed by atoms with Crippen molar-refractivity contribution >= 4 is 17.6 Å². The van der Waals surface area contributed by atoms with Crippen LogP contribution in [-0.4, -0.2) is 19.0 Å². The lowest BCUT2D eigenvalue weighted by Crippen LogP contribution is -2.24. The van der Waals surface area contributed by atoms with Crippen LogP contribution < -0.4 is 11.1 Å². The quantitative estimate of drug-likeness (QED) is 0.649. The van der Waals surface area contributed by atoms with E-state index in [0.717, 1.165) is 5.56 Å². The number of furan rings is 1. The summed E-state index contributed by atoms with van der Waals surface area (Å²) in [5, 5.41) is 2.74. The van der Waals surface area contributed by atoms with Gasteiger partial charge in [0.15, 0.2) is 0 Å². The Morgan fingerprint density at radius 1 is 1.27 bits per heavy atom. The Hall–Kier alpha value is -2.76. The van der Waals surface area contributed by atoms with Crippen LogP contribution in [0.3, 0.4) is 0 Å². The number of nitrogens with two attached hydrogens (primary N) is 1. The molecule has 6 heteroatoms. The molecule has 0 aliphatic rings. The first-order chi connectivity index (χ1) is 10.5. The monoisotopic (exact) mass is 302 g/mol. The zero-order valence-corrected chi connectivity index (χ0v) is 12.5. The summed E-state index contributed by atoms with van der Waals surface area (Å²) in [6.07, 6.45) is 0.254. The average Bonchev–Trinajstić information content (AvgIpc) is 2.88. The zero-order chi connectivity index (χ0) is 16.1. The van der Waals surface area contributed by atoms with Crippen molar-refractivity contribution in [2.75, 3.05) is 12.8 Å². The first-order valence-corrected chi connectivity index (χ1v) is 6.78. The first kappa shape index (κ1) is 15.6. The number of carbonyl (C=O) groups is 2. The van der Waals surface area contributed by atoms with E-state index >= 15 is 0 Å². The van der Waals surface area contributed by atoms with Crippen molar-refractivity contribution in [3.63, 3.8) is 0 Å². The van der Waals surface area contributed by atoms with Gasteiger partial charge in [-0.15, -0.1) is 0 Å². The number of methoxy groups -OCH3 is 1. The molecule has 0 spiro atoms. The molecule has 0 aliphatic heterocycles. The smallest absolute Gasteiger partial charge is 0.341 e. The van der Waals surface area contributed by atoms with Gasteiger partial charge in [-0.05, 0) is 30.7 Å². The van der Waals surface area contributed by atoms with Gasteiger partial charge in [0.1, 0.15) is 17.1 Å².